The molecule has 1 amide bonds. The SMILES string of the molecule is O=C(/C=C/c1ccccc1[N+](=O)[O-])Nc1ccc(-n2cncn2)cc1. The van der Waals surface area contributed by atoms with Crippen LogP contribution in [0.3, 0.4) is 0 Å². The van der Waals surface area contributed by atoms with Gasteiger partial charge in [-0.25, -0.2) is 9.67 Å². The van der Waals surface area contributed by atoms with Crippen LogP contribution in [0.5, 0.6) is 0 Å². The molecule has 0 saturated carbocycles. The van der Waals surface area contributed by atoms with Crippen molar-refractivity contribution in [1.82, 2.24) is 14.8 Å². The van der Waals surface area contributed by atoms with Crippen LogP contribution in [0.15, 0.2) is 67.3 Å². The van der Waals surface area contributed by atoms with Gasteiger partial charge in [-0.3, -0.25) is 14.9 Å². The molecule has 124 valence electrons. The summed E-state index contributed by atoms with van der Waals surface area (Å²) in [5, 5.41) is 17.7. The number of nitrogens with one attached hydrogen (secondary N) is 1. The second kappa shape index (κ2) is 7.18. The van der Waals surface area contributed by atoms with Crippen molar-refractivity contribution in [2.24, 2.45) is 0 Å². The molecule has 1 heterocycles. The van der Waals surface area contributed by atoms with Crippen molar-refractivity contribution in [3.63, 3.8) is 0 Å². The van der Waals surface area contributed by atoms with Gasteiger partial charge in [-0.1, -0.05) is 12.1 Å². The van der Waals surface area contributed by atoms with Crippen LogP contribution in [0.1, 0.15) is 5.56 Å². The number of anilines is 1. The maximum Gasteiger partial charge on any atom is 0.276 e. The third kappa shape index (κ3) is 3.94. The molecule has 1 N–H and O–H groups in total. The number of carbonyl (C=O) groups excluding carboxylic acids is 1. The fourth-order valence-corrected chi connectivity index (χ4v) is 2.18. The molecule has 0 unspecified atom stereocenters. The zero-order valence-electron chi connectivity index (χ0n) is 12.9. The fraction of sp³-hybridized carbons (Fsp3) is 0. The van der Waals surface area contributed by atoms with E-state index < -0.39 is 4.92 Å². The van der Waals surface area contributed by atoms with Crippen molar-refractivity contribution >= 4 is 23.4 Å². The number of benzene rings is 2. The topological polar surface area (TPSA) is 103 Å². The van der Waals surface area contributed by atoms with Crippen LogP contribution in [-0.4, -0.2) is 25.6 Å². The molecule has 8 nitrogen and oxygen atoms in total. The normalized spacial score (nSPS) is 10.7. The molecule has 0 aliphatic heterocycles. The number of hydrogen-bond acceptors (Lipinski definition) is 5. The molecule has 25 heavy (non-hydrogen) atoms. The van der Waals surface area contributed by atoms with Crippen LogP contribution < -0.4 is 5.32 Å². The molecule has 0 radical (unpaired) electrons. The molecule has 0 aliphatic rings. The highest BCUT2D eigenvalue weighted by Gasteiger charge is 2.09. The number of nitrogens with zero attached hydrogens (tertiary/aromatic N) is 4. The van der Waals surface area contributed by atoms with Gasteiger partial charge in [0, 0.05) is 17.8 Å². The van der Waals surface area contributed by atoms with Crippen LogP contribution in [0, 0.1) is 10.1 Å². The summed E-state index contributed by atoms with van der Waals surface area (Å²) in [4.78, 5) is 26.3. The van der Waals surface area contributed by atoms with Gasteiger partial charge in [0.15, 0.2) is 0 Å². The predicted molar refractivity (Wildman–Crippen MR) is 92.1 cm³/mol. The van der Waals surface area contributed by atoms with Gasteiger partial charge in [0.05, 0.1) is 16.2 Å². The maximum atomic E-state index is 12.0. The monoisotopic (exact) mass is 335 g/mol. The number of rotatable bonds is 5. The second-order valence-electron chi connectivity index (χ2n) is 5.03. The first-order valence-corrected chi connectivity index (χ1v) is 7.31. The lowest BCUT2D eigenvalue weighted by Crippen LogP contribution is -2.08. The molecule has 0 saturated heterocycles. The number of carbonyl (C=O) groups is 1. The zero-order chi connectivity index (χ0) is 17.6. The summed E-state index contributed by atoms with van der Waals surface area (Å²) < 4.78 is 1.60. The molecule has 2 aromatic carbocycles. The Hall–Kier alpha value is -3.81. The predicted octanol–water partition coefficient (Wildman–Crippen LogP) is 2.83. The van der Waals surface area contributed by atoms with E-state index in [4.69, 9.17) is 0 Å². The van der Waals surface area contributed by atoms with Crippen LogP contribution in [-0.2, 0) is 4.79 Å². The molecular weight excluding hydrogens is 322 g/mol. The third-order valence-corrected chi connectivity index (χ3v) is 3.37. The van der Waals surface area contributed by atoms with E-state index in [9.17, 15) is 14.9 Å². The third-order valence-electron chi connectivity index (χ3n) is 3.37. The van der Waals surface area contributed by atoms with Gasteiger partial charge in [0.2, 0.25) is 5.91 Å². The first-order valence-electron chi connectivity index (χ1n) is 7.31. The van der Waals surface area contributed by atoms with Crippen molar-refractivity contribution in [3.8, 4) is 5.69 Å². The van der Waals surface area contributed by atoms with Gasteiger partial charge in [-0.05, 0) is 36.4 Å². The highest BCUT2D eigenvalue weighted by atomic mass is 16.6. The van der Waals surface area contributed by atoms with Crippen LogP contribution >= 0.6 is 0 Å². The lowest BCUT2D eigenvalue weighted by molar-refractivity contribution is -0.385. The van der Waals surface area contributed by atoms with Gasteiger partial charge >= 0.3 is 0 Å². The Morgan fingerprint density at radius 2 is 1.92 bits per heavy atom. The fourth-order valence-electron chi connectivity index (χ4n) is 2.18. The Morgan fingerprint density at radius 3 is 2.60 bits per heavy atom. The number of para-hydroxylation sites is 1. The molecule has 3 aromatic rings. The van der Waals surface area contributed by atoms with E-state index in [1.54, 1.807) is 53.5 Å². The summed E-state index contributed by atoms with van der Waals surface area (Å²) in [5.74, 6) is -0.383. The number of hydrogen-bond donors (Lipinski definition) is 1. The van der Waals surface area contributed by atoms with Crippen LogP contribution in [0.2, 0.25) is 0 Å². The quantitative estimate of drug-likeness (QED) is 0.439. The first-order chi connectivity index (χ1) is 12.1. The molecule has 0 fully saturated rings. The Balaban J connectivity index is 1.68. The molecule has 1 aromatic heterocycles. The van der Waals surface area contributed by atoms with Gasteiger partial charge in [0.25, 0.3) is 5.69 Å². The lowest BCUT2D eigenvalue weighted by Gasteiger charge is -2.04. The van der Waals surface area contributed by atoms with E-state index in [0.717, 1.165) is 5.69 Å². The van der Waals surface area contributed by atoms with Crippen molar-refractivity contribution in [2.75, 3.05) is 5.32 Å². The minimum atomic E-state index is -0.486. The molecule has 8 heteroatoms. The van der Waals surface area contributed by atoms with Crippen molar-refractivity contribution in [1.29, 1.82) is 0 Å². The average Bonchev–Trinajstić information content (AvgIpc) is 3.15. The van der Waals surface area contributed by atoms with Crippen molar-refractivity contribution in [2.45, 2.75) is 0 Å². The highest BCUT2D eigenvalue weighted by molar-refractivity contribution is 6.02. The molecule has 0 atom stereocenters. The Bertz CT molecular complexity index is 918. The van der Waals surface area contributed by atoms with E-state index in [-0.39, 0.29) is 11.6 Å². The number of aromatic nitrogens is 3. The second-order valence-corrected chi connectivity index (χ2v) is 5.03. The highest BCUT2D eigenvalue weighted by Crippen LogP contribution is 2.19. The molecule has 3 rings (SSSR count). The first kappa shape index (κ1) is 16.1. The minimum Gasteiger partial charge on any atom is -0.323 e. The molecule has 0 bridgehead atoms. The van der Waals surface area contributed by atoms with Crippen molar-refractivity contribution in [3.05, 3.63) is 82.9 Å². The van der Waals surface area contributed by atoms with Gasteiger partial charge in [-0.15, -0.1) is 0 Å². The lowest BCUT2D eigenvalue weighted by atomic mass is 10.1. The van der Waals surface area contributed by atoms with Gasteiger partial charge < -0.3 is 5.32 Å². The van der Waals surface area contributed by atoms with E-state index in [0.29, 0.717) is 11.3 Å². The molecule has 0 aliphatic carbocycles. The average molecular weight is 335 g/mol. The van der Waals surface area contributed by atoms with E-state index in [2.05, 4.69) is 15.4 Å². The Morgan fingerprint density at radius 1 is 1.16 bits per heavy atom. The zero-order valence-corrected chi connectivity index (χ0v) is 12.9. The summed E-state index contributed by atoms with van der Waals surface area (Å²) in [5.41, 5.74) is 1.72. The Labute approximate surface area is 142 Å². The Kier molecular flexibility index (Phi) is 4.61. The summed E-state index contributed by atoms with van der Waals surface area (Å²) in [6.45, 7) is 0. The van der Waals surface area contributed by atoms with Crippen LogP contribution in [0.25, 0.3) is 11.8 Å². The van der Waals surface area contributed by atoms with E-state index in [1.807, 2.05) is 0 Å². The minimum absolute atomic E-state index is 0.0521. The van der Waals surface area contributed by atoms with Gasteiger partial charge in [0.1, 0.15) is 12.7 Å². The van der Waals surface area contributed by atoms with E-state index >= 15 is 0 Å². The summed E-state index contributed by atoms with van der Waals surface area (Å²) in [6, 6.07) is 13.3. The van der Waals surface area contributed by atoms with Crippen LogP contribution in [0.4, 0.5) is 11.4 Å². The summed E-state index contributed by atoms with van der Waals surface area (Å²) in [6.07, 6.45) is 5.68. The van der Waals surface area contributed by atoms with Gasteiger partial charge in [-0.2, -0.15) is 5.10 Å². The standard InChI is InChI=1S/C17H13N5O3/c23-17(10-5-13-3-1-2-4-16(13)22(24)25)20-14-6-8-15(9-7-14)21-12-18-11-19-21/h1-12H,(H,20,23)/b10-5+. The smallest absolute Gasteiger partial charge is 0.276 e. The number of amides is 1. The summed E-state index contributed by atoms with van der Waals surface area (Å²) in [7, 11) is 0. The number of nitro groups is 1. The maximum absolute atomic E-state index is 12.0. The summed E-state index contributed by atoms with van der Waals surface area (Å²) >= 11 is 0. The van der Waals surface area contributed by atoms with Crippen molar-refractivity contribution < 1.29 is 9.72 Å². The molecule has 0 spiro atoms. The largest absolute Gasteiger partial charge is 0.323 e. The number of nitro benzene ring substituents is 1. The van der Waals surface area contributed by atoms with E-state index in [1.165, 1.54) is 24.5 Å². The molecular formula is C17H13N5O3.